The number of carbonyl (C=O) groups is 1. The summed E-state index contributed by atoms with van der Waals surface area (Å²) in [7, 11) is 0. The number of fused-ring (bicyclic) bond motifs is 1. The lowest BCUT2D eigenvalue weighted by molar-refractivity contribution is 0.102. The average Bonchev–Trinajstić information content (AvgIpc) is 3.14. The van der Waals surface area contributed by atoms with Crippen molar-refractivity contribution in [1.29, 1.82) is 0 Å². The summed E-state index contributed by atoms with van der Waals surface area (Å²) in [6, 6.07) is 11.2. The maximum atomic E-state index is 13.3. The number of carbonyl (C=O) groups excluding carboxylic acids is 1. The van der Waals surface area contributed by atoms with Gasteiger partial charge >= 0.3 is 0 Å². The highest BCUT2D eigenvalue weighted by Crippen LogP contribution is 2.26. The maximum absolute atomic E-state index is 13.3. The smallest absolute Gasteiger partial charge is 0.257 e. The summed E-state index contributed by atoms with van der Waals surface area (Å²) in [5, 5.41) is 6.16. The molecule has 3 heterocycles. The number of benzene rings is 1. The van der Waals surface area contributed by atoms with E-state index in [2.05, 4.69) is 20.6 Å². The quantitative estimate of drug-likeness (QED) is 0.694. The summed E-state index contributed by atoms with van der Waals surface area (Å²) in [4.78, 5) is 20.7. The zero-order chi connectivity index (χ0) is 18.8. The summed E-state index contributed by atoms with van der Waals surface area (Å²) < 4.78 is 13.3. The predicted molar refractivity (Wildman–Crippen MR) is 103 cm³/mol. The Balaban J connectivity index is 1.52. The minimum atomic E-state index is -0.452. The fourth-order valence-electron chi connectivity index (χ4n) is 3.34. The van der Waals surface area contributed by atoms with E-state index in [-0.39, 0.29) is 5.91 Å². The third-order valence-corrected chi connectivity index (χ3v) is 4.66. The van der Waals surface area contributed by atoms with Crippen molar-refractivity contribution in [2.75, 3.05) is 17.2 Å². The van der Waals surface area contributed by atoms with Crippen molar-refractivity contribution in [3.05, 3.63) is 82.6 Å². The molecule has 0 spiro atoms. The van der Waals surface area contributed by atoms with Gasteiger partial charge in [0.15, 0.2) is 0 Å². The number of halogens is 1. The van der Waals surface area contributed by atoms with Crippen LogP contribution in [0.4, 0.5) is 15.9 Å². The second-order valence-electron chi connectivity index (χ2n) is 6.64. The second kappa shape index (κ2) is 7.15. The molecule has 0 aliphatic carbocycles. The normalized spacial score (nSPS) is 12.4. The number of pyridine rings is 2. The lowest BCUT2D eigenvalue weighted by atomic mass is 10.0. The van der Waals surface area contributed by atoms with Crippen LogP contribution in [0.5, 0.6) is 0 Å². The number of anilines is 2. The Hall–Kier alpha value is -3.28. The maximum Gasteiger partial charge on any atom is 0.257 e. The Bertz CT molecular complexity index is 1020. The van der Waals surface area contributed by atoms with Gasteiger partial charge in [0.2, 0.25) is 5.95 Å². The van der Waals surface area contributed by atoms with E-state index >= 15 is 0 Å². The number of nitrogens with one attached hydrogen (secondary N) is 2. The SMILES string of the molecule is Cc1cc(Cc2ccnc(NC(=O)c3cccc4c3CCN4)c2)cnc1F. The van der Waals surface area contributed by atoms with E-state index in [1.165, 1.54) is 6.20 Å². The lowest BCUT2D eigenvalue weighted by Gasteiger charge is -2.10. The first kappa shape index (κ1) is 17.1. The monoisotopic (exact) mass is 362 g/mol. The van der Waals surface area contributed by atoms with Gasteiger partial charge in [-0.15, -0.1) is 0 Å². The summed E-state index contributed by atoms with van der Waals surface area (Å²) in [5.74, 6) is -0.126. The predicted octanol–water partition coefficient (Wildman–Crippen LogP) is 3.74. The van der Waals surface area contributed by atoms with Crippen LogP contribution >= 0.6 is 0 Å². The Kier molecular flexibility index (Phi) is 4.54. The van der Waals surface area contributed by atoms with Crippen molar-refractivity contribution < 1.29 is 9.18 Å². The van der Waals surface area contributed by atoms with Crippen LogP contribution in [0.25, 0.3) is 0 Å². The third kappa shape index (κ3) is 3.65. The molecule has 136 valence electrons. The van der Waals surface area contributed by atoms with Crippen molar-refractivity contribution >= 4 is 17.4 Å². The molecule has 6 heteroatoms. The molecule has 2 aromatic heterocycles. The summed E-state index contributed by atoms with van der Waals surface area (Å²) >= 11 is 0. The largest absolute Gasteiger partial charge is 0.384 e. The van der Waals surface area contributed by atoms with Crippen LogP contribution < -0.4 is 10.6 Å². The molecule has 3 aromatic rings. The van der Waals surface area contributed by atoms with Crippen LogP contribution in [0.3, 0.4) is 0 Å². The molecule has 4 rings (SSSR count). The molecule has 0 saturated carbocycles. The molecule has 0 saturated heterocycles. The van der Waals surface area contributed by atoms with Crippen molar-refractivity contribution in [2.24, 2.45) is 0 Å². The Morgan fingerprint density at radius 3 is 2.96 bits per heavy atom. The van der Waals surface area contributed by atoms with Gasteiger partial charge in [-0.1, -0.05) is 6.07 Å². The number of aryl methyl sites for hydroxylation is 1. The number of hydrogen-bond donors (Lipinski definition) is 2. The van der Waals surface area contributed by atoms with Crippen LogP contribution in [0.2, 0.25) is 0 Å². The van der Waals surface area contributed by atoms with Crippen molar-refractivity contribution in [2.45, 2.75) is 19.8 Å². The molecular weight excluding hydrogens is 343 g/mol. The van der Waals surface area contributed by atoms with E-state index < -0.39 is 5.95 Å². The molecule has 27 heavy (non-hydrogen) atoms. The fraction of sp³-hybridized carbons (Fsp3) is 0.190. The van der Waals surface area contributed by atoms with Gasteiger partial charge in [-0.25, -0.2) is 9.97 Å². The Morgan fingerprint density at radius 2 is 2.11 bits per heavy atom. The zero-order valence-electron chi connectivity index (χ0n) is 14.9. The standard InChI is InChI=1S/C21H19FN4O/c1-13-9-15(12-25-20(13)22)10-14-5-7-24-19(11-14)26-21(27)17-3-2-4-18-16(17)6-8-23-18/h2-5,7,9,11-12,23H,6,8,10H2,1H3,(H,24,26,27). The van der Waals surface area contributed by atoms with E-state index in [1.807, 2.05) is 30.3 Å². The average molecular weight is 362 g/mol. The number of nitrogens with zero attached hydrogens (tertiary/aromatic N) is 2. The van der Waals surface area contributed by atoms with Gasteiger partial charge in [0.05, 0.1) is 0 Å². The topological polar surface area (TPSA) is 66.9 Å². The van der Waals surface area contributed by atoms with Crippen molar-refractivity contribution in [1.82, 2.24) is 9.97 Å². The lowest BCUT2D eigenvalue weighted by Crippen LogP contribution is -2.15. The van der Waals surface area contributed by atoms with Crippen LogP contribution in [0.15, 0.2) is 48.8 Å². The first-order chi connectivity index (χ1) is 13.1. The van der Waals surface area contributed by atoms with E-state index in [0.717, 1.165) is 35.3 Å². The van der Waals surface area contributed by atoms with E-state index in [4.69, 9.17) is 0 Å². The molecule has 0 radical (unpaired) electrons. The number of hydrogen-bond acceptors (Lipinski definition) is 4. The van der Waals surface area contributed by atoms with Gasteiger partial charge in [0, 0.05) is 35.8 Å². The van der Waals surface area contributed by atoms with Crippen molar-refractivity contribution in [3.63, 3.8) is 0 Å². The summed E-state index contributed by atoms with van der Waals surface area (Å²) in [6.45, 7) is 2.54. The zero-order valence-corrected chi connectivity index (χ0v) is 14.9. The van der Waals surface area contributed by atoms with Gasteiger partial charge < -0.3 is 10.6 Å². The molecule has 1 aliphatic rings. The molecular formula is C21H19FN4O. The third-order valence-electron chi connectivity index (χ3n) is 4.66. The van der Waals surface area contributed by atoms with Gasteiger partial charge in [0.25, 0.3) is 5.91 Å². The van der Waals surface area contributed by atoms with E-state index in [1.54, 1.807) is 19.2 Å². The minimum absolute atomic E-state index is 0.167. The molecule has 1 aromatic carbocycles. The van der Waals surface area contributed by atoms with Crippen molar-refractivity contribution in [3.8, 4) is 0 Å². The van der Waals surface area contributed by atoms with Crippen LogP contribution in [0.1, 0.15) is 32.6 Å². The molecule has 0 bridgehead atoms. The van der Waals surface area contributed by atoms with Gasteiger partial charge in [-0.2, -0.15) is 4.39 Å². The number of amides is 1. The first-order valence-electron chi connectivity index (χ1n) is 8.83. The highest BCUT2D eigenvalue weighted by Gasteiger charge is 2.18. The van der Waals surface area contributed by atoms with Gasteiger partial charge in [-0.05, 0) is 66.8 Å². The molecule has 0 unspecified atom stereocenters. The van der Waals surface area contributed by atoms with Crippen LogP contribution in [-0.2, 0) is 12.8 Å². The summed E-state index contributed by atoms with van der Waals surface area (Å²) in [6.07, 6.45) is 4.61. The van der Waals surface area contributed by atoms with Gasteiger partial charge in [-0.3, -0.25) is 4.79 Å². The molecule has 5 nitrogen and oxygen atoms in total. The fourth-order valence-corrected chi connectivity index (χ4v) is 3.34. The molecule has 1 aliphatic heterocycles. The number of aromatic nitrogens is 2. The van der Waals surface area contributed by atoms with Crippen LogP contribution in [0, 0.1) is 12.9 Å². The Labute approximate surface area is 156 Å². The van der Waals surface area contributed by atoms with Crippen LogP contribution in [-0.4, -0.2) is 22.4 Å². The van der Waals surface area contributed by atoms with E-state index in [9.17, 15) is 9.18 Å². The minimum Gasteiger partial charge on any atom is -0.384 e. The first-order valence-corrected chi connectivity index (χ1v) is 8.83. The Morgan fingerprint density at radius 1 is 1.22 bits per heavy atom. The molecule has 2 N–H and O–H groups in total. The molecule has 0 atom stereocenters. The van der Waals surface area contributed by atoms with Gasteiger partial charge in [0.1, 0.15) is 5.82 Å². The molecule has 0 fully saturated rings. The summed E-state index contributed by atoms with van der Waals surface area (Å²) in [5.41, 5.74) is 5.12. The molecule has 1 amide bonds. The van der Waals surface area contributed by atoms with E-state index in [0.29, 0.717) is 23.4 Å². The number of rotatable bonds is 4. The highest BCUT2D eigenvalue weighted by atomic mass is 19.1. The second-order valence-corrected chi connectivity index (χ2v) is 6.64. The highest BCUT2D eigenvalue weighted by molar-refractivity contribution is 6.06.